The molecule has 1 aromatic carbocycles. The van der Waals surface area contributed by atoms with Crippen LogP contribution in [0.25, 0.3) is 0 Å². The van der Waals surface area contributed by atoms with E-state index >= 15 is 0 Å². The normalized spacial score (nSPS) is 22.8. The zero-order chi connectivity index (χ0) is 15.5. The second-order valence-corrected chi connectivity index (χ2v) is 6.58. The van der Waals surface area contributed by atoms with Crippen molar-refractivity contribution < 1.29 is 4.79 Å². The summed E-state index contributed by atoms with van der Waals surface area (Å²) < 4.78 is 0. The third-order valence-electron chi connectivity index (χ3n) is 4.75. The molecule has 0 unspecified atom stereocenters. The number of rotatable bonds is 4. The molecule has 1 fully saturated rings. The lowest BCUT2D eigenvalue weighted by Crippen LogP contribution is -2.37. The van der Waals surface area contributed by atoms with Crippen LogP contribution in [0, 0.1) is 5.92 Å². The standard InChI is InChI=1S/C19H22ClNO/c1-14(15-7-3-2-4-8-15)21-12-11-17(19(21)22)13-16-9-5-6-10-18(16)20/h3,5-10,14,17H,2,4,11-13H2,1H3/t14-,17-/m1/s1. The summed E-state index contributed by atoms with van der Waals surface area (Å²) in [6.07, 6.45) is 10.5. The van der Waals surface area contributed by atoms with Gasteiger partial charge in [-0.1, -0.05) is 48.0 Å². The zero-order valence-corrected chi connectivity index (χ0v) is 13.7. The maximum absolute atomic E-state index is 12.7. The minimum Gasteiger partial charge on any atom is -0.336 e. The molecule has 1 heterocycles. The van der Waals surface area contributed by atoms with Gasteiger partial charge in [-0.05, 0) is 49.8 Å². The van der Waals surface area contributed by atoms with Gasteiger partial charge in [0.05, 0.1) is 6.04 Å². The molecule has 1 saturated heterocycles. The predicted molar refractivity (Wildman–Crippen MR) is 90.9 cm³/mol. The maximum atomic E-state index is 12.7. The van der Waals surface area contributed by atoms with Crippen LogP contribution in [-0.2, 0) is 11.2 Å². The minimum atomic E-state index is 0.0653. The monoisotopic (exact) mass is 315 g/mol. The van der Waals surface area contributed by atoms with E-state index in [-0.39, 0.29) is 17.9 Å². The van der Waals surface area contributed by atoms with Gasteiger partial charge in [0.1, 0.15) is 0 Å². The van der Waals surface area contributed by atoms with Crippen molar-refractivity contribution >= 4 is 17.5 Å². The molecule has 3 heteroatoms. The molecule has 2 aliphatic rings. The number of carbonyl (C=O) groups excluding carboxylic acids is 1. The lowest BCUT2D eigenvalue weighted by molar-refractivity contribution is -0.132. The molecule has 22 heavy (non-hydrogen) atoms. The molecule has 1 aliphatic heterocycles. The van der Waals surface area contributed by atoms with Crippen molar-refractivity contribution in [2.24, 2.45) is 5.92 Å². The smallest absolute Gasteiger partial charge is 0.226 e. The Morgan fingerprint density at radius 3 is 2.86 bits per heavy atom. The Hall–Kier alpha value is -1.54. The first-order chi connectivity index (χ1) is 10.7. The van der Waals surface area contributed by atoms with Gasteiger partial charge in [0, 0.05) is 17.5 Å². The van der Waals surface area contributed by atoms with E-state index in [1.165, 1.54) is 5.57 Å². The molecule has 0 aromatic heterocycles. The van der Waals surface area contributed by atoms with Crippen LogP contribution in [0.15, 0.2) is 48.1 Å². The van der Waals surface area contributed by atoms with Gasteiger partial charge in [-0.15, -0.1) is 0 Å². The van der Waals surface area contributed by atoms with Crippen molar-refractivity contribution in [2.75, 3.05) is 6.54 Å². The Kier molecular flexibility index (Phi) is 4.68. The fraction of sp³-hybridized carbons (Fsp3) is 0.421. The quantitative estimate of drug-likeness (QED) is 0.806. The van der Waals surface area contributed by atoms with E-state index in [0.29, 0.717) is 0 Å². The molecular weight excluding hydrogens is 294 g/mol. The summed E-state index contributed by atoms with van der Waals surface area (Å²) in [6.45, 7) is 2.98. The molecule has 0 spiro atoms. The van der Waals surface area contributed by atoms with Crippen LogP contribution >= 0.6 is 11.6 Å². The van der Waals surface area contributed by atoms with E-state index in [4.69, 9.17) is 11.6 Å². The zero-order valence-electron chi connectivity index (χ0n) is 13.0. The van der Waals surface area contributed by atoms with Crippen molar-refractivity contribution in [1.29, 1.82) is 0 Å². The maximum Gasteiger partial charge on any atom is 0.226 e. The van der Waals surface area contributed by atoms with E-state index in [0.717, 1.165) is 42.8 Å². The predicted octanol–water partition coefficient (Wildman–Crippen LogP) is 4.40. The van der Waals surface area contributed by atoms with Crippen molar-refractivity contribution in [3.8, 4) is 0 Å². The van der Waals surface area contributed by atoms with Gasteiger partial charge in [0.15, 0.2) is 0 Å². The number of amides is 1. The number of nitrogens with zero attached hydrogens (tertiary/aromatic N) is 1. The van der Waals surface area contributed by atoms with Gasteiger partial charge in [-0.25, -0.2) is 0 Å². The lowest BCUT2D eigenvalue weighted by atomic mass is 9.97. The summed E-state index contributed by atoms with van der Waals surface area (Å²) in [7, 11) is 0. The molecule has 0 radical (unpaired) electrons. The van der Waals surface area contributed by atoms with Crippen molar-refractivity contribution in [3.63, 3.8) is 0 Å². The number of benzene rings is 1. The lowest BCUT2D eigenvalue weighted by Gasteiger charge is -2.27. The van der Waals surface area contributed by atoms with E-state index < -0.39 is 0 Å². The molecule has 2 nitrogen and oxygen atoms in total. The SMILES string of the molecule is C[C@H](C1=CCCC=C1)N1CC[C@H](Cc2ccccc2Cl)C1=O. The number of allylic oxidation sites excluding steroid dienone is 2. The Bertz CT molecular complexity index is 620. The summed E-state index contributed by atoms with van der Waals surface area (Å²) in [4.78, 5) is 14.8. The van der Waals surface area contributed by atoms with Crippen molar-refractivity contribution in [1.82, 2.24) is 4.90 Å². The van der Waals surface area contributed by atoms with E-state index in [9.17, 15) is 4.79 Å². The van der Waals surface area contributed by atoms with Crippen LogP contribution in [-0.4, -0.2) is 23.4 Å². The largest absolute Gasteiger partial charge is 0.336 e. The Balaban J connectivity index is 1.68. The number of hydrogen-bond acceptors (Lipinski definition) is 1. The highest BCUT2D eigenvalue weighted by molar-refractivity contribution is 6.31. The van der Waals surface area contributed by atoms with Gasteiger partial charge in [-0.2, -0.15) is 0 Å². The average molecular weight is 316 g/mol. The fourth-order valence-corrected chi connectivity index (χ4v) is 3.60. The molecule has 2 atom stereocenters. The number of halogens is 1. The Morgan fingerprint density at radius 2 is 2.14 bits per heavy atom. The second-order valence-electron chi connectivity index (χ2n) is 6.17. The van der Waals surface area contributed by atoms with E-state index in [2.05, 4.69) is 25.2 Å². The number of carbonyl (C=O) groups is 1. The molecular formula is C19H22ClNO. The van der Waals surface area contributed by atoms with Crippen LogP contribution in [0.1, 0.15) is 31.7 Å². The summed E-state index contributed by atoms with van der Waals surface area (Å²) >= 11 is 6.23. The third kappa shape index (κ3) is 3.12. The number of hydrogen-bond donors (Lipinski definition) is 0. The van der Waals surface area contributed by atoms with Gasteiger partial charge in [0.2, 0.25) is 5.91 Å². The average Bonchev–Trinajstić information content (AvgIpc) is 2.91. The van der Waals surface area contributed by atoms with Gasteiger partial charge in [0.25, 0.3) is 0 Å². The first-order valence-corrected chi connectivity index (χ1v) is 8.45. The van der Waals surface area contributed by atoms with E-state index in [1.807, 2.05) is 29.2 Å². The minimum absolute atomic E-state index is 0.0653. The van der Waals surface area contributed by atoms with Crippen molar-refractivity contribution in [3.05, 3.63) is 58.7 Å². The van der Waals surface area contributed by atoms with Crippen LogP contribution in [0.4, 0.5) is 0 Å². The molecule has 1 aromatic rings. The topological polar surface area (TPSA) is 20.3 Å². The molecule has 116 valence electrons. The Morgan fingerprint density at radius 1 is 1.32 bits per heavy atom. The van der Waals surface area contributed by atoms with Crippen molar-refractivity contribution in [2.45, 2.75) is 38.6 Å². The molecule has 0 N–H and O–H groups in total. The summed E-state index contributed by atoms with van der Waals surface area (Å²) in [5, 5.41) is 0.764. The first kappa shape index (κ1) is 15.4. The van der Waals surface area contributed by atoms with Crippen LogP contribution in [0.5, 0.6) is 0 Å². The number of likely N-dealkylation sites (tertiary alicyclic amines) is 1. The van der Waals surface area contributed by atoms with Gasteiger partial charge in [-0.3, -0.25) is 4.79 Å². The highest BCUT2D eigenvalue weighted by Gasteiger charge is 2.35. The van der Waals surface area contributed by atoms with Crippen LogP contribution in [0.3, 0.4) is 0 Å². The third-order valence-corrected chi connectivity index (χ3v) is 5.12. The summed E-state index contributed by atoms with van der Waals surface area (Å²) in [5.74, 6) is 0.336. The van der Waals surface area contributed by atoms with Gasteiger partial charge < -0.3 is 4.90 Å². The molecule has 0 bridgehead atoms. The summed E-state index contributed by atoms with van der Waals surface area (Å²) in [5.41, 5.74) is 2.35. The van der Waals surface area contributed by atoms with Gasteiger partial charge >= 0.3 is 0 Å². The molecule has 1 amide bonds. The summed E-state index contributed by atoms with van der Waals surface area (Å²) in [6, 6.07) is 8.01. The molecule has 0 saturated carbocycles. The van der Waals surface area contributed by atoms with Crippen LogP contribution < -0.4 is 0 Å². The second kappa shape index (κ2) is 6.70. The fourth-order valence-electron chi connectivity index (χ4n) is 3.39. The molecule has 1 aliphatic carbocycles. The molecule has 3 rings (SSSR count). The Labute approximate surface area is 137 Å². The first-order valence-electron chi connectivity index (χ1n) is 8.07. The van der Waals surface area contributed by atoms with E-state index in [1.54, 1.807) is 0 Å². The highest BCUT2D eigenvalue weighted by atomic mass is 35.5. The van der Waals surface area contributed by atoms with Crippen LogP contribution in [0.2, 0.25) is 5.02 Å². The highest BCUT2D eigenvalue weighted by Crippen LogP contribution is 2.29.